The molecule has 1 heterocycles. The van der Waals surface area contributed by atoms with Gasteiger partial charge in [-0.2, -0.15) is 4.31 Å². The molecule has 1 aromatic heterocycles. The van der Waals surface area contributed by atoms with Crippen LogP contribution in [0, 0.1) is 5.92 Å². The molecule has 15 heavy (non-hydrogen) atoms. The van der Waals surface area contributed by atoms with E-state index in [0.717, 1.165) is 11.3 Å². The van der Waals surface area contributed by atoms with Gasteiger partial charge in [-0.1, -0.05) is 25.2 Å². The lowest BCUT2D eigenvalue weighted by molar-refractivity contribution is 0.416. The zero-order valence-corrected chi connectivity index (χ0v) is 10.5. The fraction of sp³-hybridized carbons (Fsp3) is 0.714. The van der Waals surface area contributed by atoms with Crippen molar-refractivity contribution < 1.29 is 8.42 Å². The predicted octanol–water partition coefficient (Wildman–Crippen LogP) is 0.397. The Morgan fingerprint density at radius 3 is 2.47 bits per heavy atom. The molecule has 0 unspecified atom stereocenters. The van der Waals surface area contributed by atoms with Gasteiger partial charge in [-0.05, 0) is 5.92 Å². The van der Waals surface area contributed by atoms with E-state index >= 15 is 0 Å². The Hall–Kier alpha value is -0.730. The molecule has 86 valence electrons. The molecule has 0 atom stereocenters. The molecular formula is C7H14N4O2S2. The van der Waals surface area contributed by atoms with Gasteiger partial charge in [-0.25, -0.2) is 8.42 Å². The SMILES string of the molecule is CC(C)CN(C)S(=O)(=O)c1nnc(N)s1. The minimum atomic E-state index is -3.51. The van der Waals surface area contributed by atoms with Crippen LogP contribution in [-0.4, -0.2) is 36.5 Å². The van der Waals surface area contributed by atoms with Crippen molar-refractivity contribution in [2.45, 2.75) is 18.2 Å². The molecule has 2 N–H and O–H groups in total. The van der Waals surface area contributed by atoms with Crippen molar-refractivity contribution >= 4 is 26.5 Å². The second-order valence-electron chi connectivity index (χ2n) is 3.59. The molecule has 1 rings (SSSR count). The number of nitrogens with two attached hydrogens (primary N) is 1. The van der Waals surface area contributed by atoms with E-state index in [4.69, 9.17) is 5.73 Å². The van der Waals surface area contributed by atoms with Crippen LogP contribution in [0.25, 0.3) is 0 Å². The summed E-state index contributed by atoms with van der Waals surface area (Å²) in [6.07, 6.45) is 0. The summed E-state index contributed by atoms with van der Waals surface area (Å²) in [5.41, 5.74) is 5.34. The van der Waals surface area contributed by atoms with E-state index in [0.29, 0.717) is 6.54 Å². The van der Waals surface area contributed by atoms with Crippen LogP contribution in [0.5, 0.6) is 0 Å². The number of hydrogen-bond donors (Lipinski definition) is 1. The molecule has 0 aromatic carbocycles. The molecule has 0 aliphatic heterocycles. The average molecular weight is 250 g/mol. The highest BCUT2D eigenvalue weighted by atomic mass is 32.2. The standard InChI is InChI=1S/C7H14N4O2S2/c1-5(2)4-11(3)15(12,13)7-10-9-6(8)14-7/h5H,4H2,1-3H3,(H2,8,9). The van der Waals surface area contributed by atoms with E-state index in [1.54, 1.807) is 0 Å². The Bertz CT molecular complexity index is 426. The highest BCUT2D eigenvalue weighted by Gasteiger charge is 2.25. The maximum atomic E-state index is 11.9. The third kappa shape index (κ3) is 2.86. The van der Waals surface area contributed by atoms with Crippen molar-refractivity contribution in [3.05, 3.63) is 0 Å². The van der Waals surface area contributed by atoms with E-state index in [1.807, 2.05) is 13.8 Å². The summed E-state index contributed by atoms with van der Waals surface area (Å²) in [6, 6.07) is 0. The molecule has 0 bridgehead atoms. The van der Waals surface area contributed by atoms with Gasteiger partial charge < -0.3 is 5.73 Å². The monoisotopic (exact) mass is 250 g/mol. The van der Waals surface area contributed by atoms with Gasteiger partial charge >= 0.3 is 0 Å². The fourth-order valence-electron chi connectivity index (χ4n) is 1.07. The van der Waals surface area contributed by atoms with Gasteiger partial charge in [-0.3, -0.25) is 0 Å². The van der Waals surface area contributed by atoms with Crippen LogP contribution in [-0.2, 0) is 10.0 Å². The van der Waals surface area contributed by atoms with E-state index < -0.39 is 10.0 Å². The minimum absolute atomic E-state index is 0.0526. The molecule has 0 saturated heterocycles. The van der Waals surface area contributed by atoms with Gasteiger partial charge in [-0.15, -0.1) is 10.2 Å². The van der Waals surface area contributed by atoms with Crippen LogP contribution in [0.1, 0.15) is 13.8 Å². The largest absolute Gasteiger partial charge is 0.374 e. The second kappa shape index (κ2) is 4.42. The number of sulfonamides is 1. The Morgan fingerprint density at radius 1 is 1.47 bits per heavy atom. The quantitative estimate of drug-likeness (QED) is 0.835. The topological polar surface area (TPSA) is 89.2 Å². The van der Waals surface area contributed by atoms with E-state index in [9.17, 15) is 8.42 Å². The summed E-state index contributed by atoms with van der Waals surface area (Å²) in [5, 5.41) is 7.17. The normalized spacial score (nSPS) is 12.6. The third-order valence-corrected chi connectivity index (χ3v) is 4.60. The second-order valence-corrected chi connectivity index (χ2v) is 6.81. The van der Waals surface area contributed by atoms with Crippen molar-refractivity contribution in [2.24, 2.45) is 5.92 Å². The van der Waals surface area contributed by atoms with E-state index in [-0.39, 0.29) is 15.4 Å². The first-order valence-corrected chi connectivity index (χ1v) is 6.65. The summed E-state index contributed by atoms with van der Waals surface area (Å²) in [5.74, 6) is 0.259. The number of rotatable bonds is 4. The lowest BCUT2D eigenvalue weighted by atomic mass is 10.2. The van der Waals surface area contributed by atoms with Crippen LogP contribution in [0.15, 0.2) is 4.34 Å². The highest BCUT2D eigenvalue weighted by molar-refractivity contribution is 7.91. The van der Waals surface area contributed by atoms with E-state index in [2.05, 4.69) is 10.2 Å². The number of anilines is 1. The Labute approximate surface area is 93.2 Å². The third-order valence-electron chi connectivity index (χ3n) is 1.68. The number of hydrogen-bond acceptors (Lipinski definition) is 6. The van der Waals surface area contributed by atoms with Crippen LogP contribution in [0.3, 0.4) is 0 Å². The van der Waals surface area contributed by atoms with Gasteiger partial charge in [0.25, 0.3) is 10.0 Å². The first-order chi connectivity index (χ1) is 6.84. The first kappa shape index (κ1) is 12.3. The van der Waals surface area contributed by atoms with Crippen molar-refractivity contribution in [1.82, 2.24) is 14.5 Å². The maximum Gasteiger partial charge on any atom is 0.272 e. The van der Waals surface area contributed by atoms with Gasteiger partial charge in [0.1, 0.15) is 0 Å². The van der Waals surface area contributed by atoms with Crippen LogP contribution < -0.4 is 5.73 Å². The Morgan fingerprint density at radius 2 is 2.07 bits per heavy atom. The van der Waals surface area contributed by atoms with E-state index in [1.165, 1.54) is 11.4 Å². The smallest absolute Gasteiger partial charge is 0.272 e. The number of aromatic nitrogens is 2. The fourth-order valence-corrected chi connectivity index (χ4v) is 3.38. The lowest BCUT2D eigenvalue weighted by Crippen LogP contribution is -2.30. The summed E-state index contributed by atoms with van der Waals surface area (Å²) in [4.78, 5) is 0. The maximum absolute atomic E-state index is 11.9. The van der Waals surface area contributed by atoms with Gasteiger partial charge in [0.05, 0.1) is 0 Å². The van der Waals surface area contributed by atoms with Crippen molar-refractivity contribution in [3.8, 4) is 0 Å². The summed E-state index contributed by atoms with van der Waals surface area (Å²) >= 11 is 0.876. The predicted molar refractivity (Wildman–Crippen MR) is 59.0 cm³/mol. The molecule has 0 fully saturated rings. The zero-order valence-electron chi connectivity index (χ0n) is 8.84. The van der Waals surface area contributed by atoms with Gasteiger partial charge in [0, 0.05) is 13.6 Å². The molecular weight excluding hydrogens is 236 g/mol. The minimum Gasteiger partial charge on any atom is -0.374 e. The molecule has 0 aliphatic carbocycles. The Kier molecular flexibility index (Phi) is 3.63. The molecule has 0 saturated carbocycles. The number of nitrogen functional groups attached to an aromatic ring is 1. The zero-order chi connectivity index (χ0) is 11.6. The van der Waals surface area contributed by atoms with Crippen molar-refractivity contribution in [1.29, 1.82) is 0 Å². The Balaban J connectivity index is 2.93. The summed E-state index contributed by atoms with van der Waals surface area (Å²) < 4.78 is 24.9. The molecule has 0 aliphatic rings. The van der Waals surface area contributed by atoms with Crippen LogP contribution in [0.4, 0.5) is 5.13 Å². The first-order valence-electron chi connectivity index (χ1n) is 4.39. The summed E-state index contributed by atoms with van der Waals surface area (Å²) in [7, 11) is -1.99. The van der Waals surface area contributed by atoms with Crippen LogP contribution in [0.2, 0.25) is 0 Å². The average Bonchev–Trinajstić information content (AvgIpc) is 2.50. The molecule has 0 amide bonds. The highest BCUT2D eigenvalue weighted by Crippen LogP contribution is 2.20. The summed E-state index contributed by atoms with van der Waals surface area (Å²) in [6.45, 7) is 4.34. The molecule has 8 heteroatoms. The molecule has 6 nitrogen and oxygen atoms in total. The molecule has 0 radical (unpaired) electrons. The number of nitrogens with zero attached hydrogens (tertiary/aromatic N) is 3. The molecule has 1 aromatic rings. The van der Waals surface area contributed by atoms with Crippen LogP contribution >= 0.6 is 11.3 Å². The van der Waals surface area contributed by atoms with Gasteiger partial charge in [0.2, 0.25) is 9.47 Å². The molecule has 0 spiro atoms. The lowest BCUT2D eigenvalue weighted by Gasteiger charge is -2.16. The van der Waals surface area contributed by atoms with Crippen molar-refractivity contribution in [2.75, 3.05) is 19.3 Å². The van der Waals surface area contributed by atoms with Gasteiger partial charge in [0.15, 0.2) is 0 Å². The van der Waals surface area contributed by atoms with Crippen molar-refractivity contribution in [3.63, 3.8) is 0 Å².